The van der Waals surface area contributed by atoms with Gasteiger partial charge in [-0.2, -0.15) is 0 Å². The van der Waals surface area contributed by atoms with Crippen molar-refractivity contribution < 1.29 is 0 Å². The van der Waals surface area contributed by atoms with Gasteiger partial charge in [0.2, 0.25) is 0 Å². The van der Waals surface area contributed by atoms with Gasteiger partial charge >= 0.3 is 0 Å². The van der Waals surface area contributed by atoms with Crippen LogP contribution in [0, 0.1) is 0 Å². The highest BCUT2D eigenvalue weighted by atomic mass is 15.1. The molecule has 1 aromatic heterocycles. The average Bonchev–Trinajstić information content (AvgIpc) is 2.19. The zero-order chi connectivity index (χ0) is 9.52. The third-order valence-corrected chi connectivity index (χ3v) is 1.95. The highest BCUT2D eigenvalue weighted by Crippen LogP contribution is 1.98. The average molecular weight is 176 g/mol. The molecule has 0 spiro atoms. The molecule has 0 N–H and O–H groups in total. The van der Waals surface area contributed by atoms with Crippen molar-refractivity contribution in [2.75, 3.05) is 20.1 Å². The summed E-state index contributed by atoms with van der Waals surface area (Å²) in [6.07, 6.45) is 7.90. The molecule has 2 nitrogen and oxygen atoms in total. The maximum Gasteiger partial charge on any atom is 0.0340 e. The lowest BCUT2D eigenvalue weighted by atomic mass is 10.2. The Labute approximate surface area is 79.9 Å². The van der Waals surface area contributed by atoms with Crippen LogP contribution in [0.25, 0.3) is 6.08 Å². The molecule has 1 aromatic rings. The number of likely N-dealkylation sites (N-methyl/N-ethyl adjacent to an activating group) is 1. The van der Waals surface area contributed by atoms with Crippen molar-refractivity contribution in [3.05, 3.63) is 36.2 Å². The highest BCUT2D eigenvalue weighted by molar-refractivity contribution is 5.47. The van der Waals surface area contributed by atoms with E-state index in [1.165, 1.54) is 0 Å². The second-order valence-corrected chi connectivity index (χ2v) is 3.04. The summed E-state index contributed by atoms with van der Waals surface area (Å²) in [5.74, 6) is 0. The van der Waals surface area contributed by atoms with Gasteiger partial charge < -0.3 is 4.90 Å². The summed E-state index contributed by atoms with van der Waals surface area (Å²) in [4.78, 5) is 6.28. The standard InChI is InChI=1S/C11H16N2/c1-3-13(2)9-5-7-11-6-4-8-12-10-11/h4-8,10H,3,9H2,1-2H3/b7-5-. The quantitative estimate of drug-likeness (QED) is 0.698. The first-order chi connectivity index (χ1) is 6.33. The summed E-state index contributed by atoms with van der Waals surface area (Å²) >= 11 is 0. The molecule has 0 radical (unpaired) electrons. The van der Waals surface area contributed by atoms with Gasteiger partial charge in [-0.1, -0.05) is 25.1 Å². The van der Waals surface area contributed by atoms with Crippen LogP contribution < -0.4 is 0 Å². The van der Waals surface area contributed by atoms with Gasteiger partial charge in [-0.05, 0) is 25.2 Å². The molecule has 0 bridgehead atoms. The van der Waals surface area contributed by atoms with Crippen molar-refractivity contribution in [2.45, 2.75) is 6.92 Å². The van der Waals surface area contributed by atoms with E-state index in [-0.39, 0.29) is 0 Å². The molecule has 0 aliphatic rings. The predicted octanol–water partition coefficient (Wildman–Crippen LogP) is 2.05. The van der Waals surface area contributed by atoms with Gasteiger partial charge in [-0.15, -0.1) is 0 Å². The monoisotopic (exact) mass is 176 g/mol. The van der Waals surface area contributed by atoms with Crippen LogP contribution in [0.15, 0.2) is 30.6 Å². The van der Waals surface area contributed by atoms with Gasteiger partial charge in [0, 0.05) is 18.9 Å². The van der Waals surface area contributed by atoms with Crippen LogP contribution in [-0.2, 0) is 0 Å². The summed E-state index contributed by atoms with van der Waals surface area (Å²) in [6, 6.07) is 4.00. The number of rotatable bonds is 4. The molecule has 0 aliphatic heterocycles. The van der Waals surface area contributed by atoms with Crippen molar-refractivity contribution in [1.29, 1.82) is 0 Å². The van der Waals surface area contributed by atoms with Crippen LogP contribution in [-0.4, -0.2) is 30.0 Å². The Balaban J connectivity index is 2.41. The lowest BCUT2D eigenvalue weighted by Gasteiger charge is -2.09. The minimum Gasteiger partial charge on any atom is -0.303 e. The molecule has 0 atom stereocenters. The number of hydrogen-bond donors (Lipinski definition) is 0. The third-order valence-electron chi connectivity index (χ3n) is 1.95. The van der Waals surface area contributed by atoms with Crippen molar-refractivity contribution in [3.8, 4) is 0 Å². The van der Waals surface area contributed by atoms with Crippen molar-refractivity contribution in [1.82, 2.24) is 9.88 Å². The van der Waals surface area contributed by atoms with E-state index >= 15 is 0 Å². The minimum absolute atomic E-state index is 0.991. The van der Waals surface area contributed by atoms with Crippen molar-refractivity contribution >= 4 is 6.08 Å². The van der Waals surface area contributed by atoms with Crippen LogP contribution in [0.3, 0.4) is 0 Å². The maximum absolute atomic E-state index is 4.04. The first-order valence-corrected chi connectivity index (χ1v) is 4.58. The van der Waals surface area contributed by atoms with Crippen LogP contribution in [0.4, 0.5) is 0 Å². The molecule has 13 heavy (non-hydrogen) atoms. The van der Waals surface area contributed by atoms with E-state index in [1.54, 1.807) is 6.20 Å². The van der Waals surface area contributed by atoms with E-state index in [1.807, 2.05) is 12.3 Å². The summed E-state index contributed by atoms with van der Waals surface area (Å²) in [6.45, 7) is 4.22. The lowest BCUT2D eigenvalue weighted by Crippen LogP contribution is -2.16. The van der Waals surface area contributed by atoms with E-state index in [0.29, 0.717) is 0 Å². The highest BCUT2D eigenvalue weighted by Gasteiger charge is 1.88. The Bertz CT molecular complexity index is 254. The lowest BCUT2D eigenvalue weighted by molar-refractivity contribution is 0.393. The van der Waals surface area contributed by atoms with Crippen LogP contribution >= 0.6 is 0 Å². The molecular weight excluding hydrogens is 160 g/mol. The second-order valence-electron chi connectivity index (χ2n) is 3.04. The van der Waals surface area contributed by atoms with Gasteiger partial charge in [0.1, 0.15) is 0 Å². The summed E-state index contributed by atoms with van der Waals surface area (Å²) in [5, 5.41) is 0. The molecule has 0 amide bonds. The molecule has 0 fully saturated rings. The minimum atomic E-state index is 0.991. The molecule has 0 aromatic carbocycles. The number of aromatic nitrogens is 1. The van der Waals surface area contributed by atoms with Gasteiger partial charge in [0.25, 0.3) is 0 Å². The van der Waals surface area contributed by atoms with Crippen LogP contribution in [0.5, 0.6) is 0 Å². The molecule has 0 saturated carbocycles. The van der Waals surface area contributed by atoms with Gasteiger partial charge in [0.15, 0.2) is 0 Å². The maximum atomic E-state index is 4.04. The SMILES string of the molecule is CCN(C)C/C=C\c1cccnc1. The largest absolute Gasteiger partial charge is 0.303 e. The molecular formula is C11H16N2. The molecule has 2 heteroatoms. The topological polar surface area (TPSA) is 16.1 Å². The Hall–Kier alpha value is -1.15. The molecule has 1 rings (SSSR count). The molecule has 0 saturated heterocycles. The second kappa shape index (κ2) is 5.49. The number of hydrogen-bond acceptors (Lipinski definition) is 2. The normalized spacial score (nSPS) is 11.3. The van der Waals surface area contributed by atoms with Crippen LogP contribution in [0.2, 0.25) is 0 Å². The molecule has 1 heterocycles. The van der Waals surface area contributed by atoms with Gasteiger partial charge in [-0.3, -0.25) is 4.98 Å². The van der Waals surface area contributed by atoms with Crippen molar-refractivity contribution in [2.24, 2.45) is 0 Å². The van der Waals surface area contributed by atoms with E-state index in [0.717, 1.165) is 18.7 Å². The van der Waals surface area contributed by atoms with Crippen LogP contribution in [0.1, 0.15) is 12.5 Å². The van der Waals surface area contributed by atoms with E-state index in [9.17, 15) is 0 Å². The fraction of sp³-hybridized carbons (Fsp3) is 0.364. The Kier molecular flexibility index (Phi) is 4.19. The summed E-state index contributed by atoms with van der Waals surface area (Å²) < 4.78 is 0. The fourth-order valence-electron chi connectivity index (χ4n) is 0.972. The predicted molar refractivity (Wildman–Crippen MR) is 56.4 cm³/mol. The first kappa shape index (κ1) is 9.93. The van der Waals surface area contributed by atoms with Crippen molar-refractivity contribution in [3.63, 3.8) is 0 Å². The Morgan fingerprint density at radius 3 is 3.00 bits per heavy atom. The van der Waals surface area contributed by atoms with E-state index < -0.39 is 0 Å². The Morgan fingerprint density at radius 1 is 1.54 bits per heavy atom. The molecule has 0 aliphatic carbocycles. The van der Waals surface area contributed by atoms with Gasteiger partial charge in [0.05, 0.1) is 0 Å². The third kappa shape index (κ3) is 3.85. The molecule has 70 valence electrons. The van der Waals surface area contributed by atoms with E-state index in [2.05, 4.69) is 42.1 Å². The van der Waals surface area contributed by atoms with Gasteiger partial charge in [-0.25, -0.2) is 0 Å². The molecule has 0 unspecified atom stereocenters. The summed E-state index contributed by atoms with van der Waals surface area (Å²) in [7, 11) is 2.10. The number of pyridine rings is 1. The smallest absolute Gasteiger partial charge is 0.0340 e. The number of nitrogens with zero attached hydrogens (tertiary/aromatic N) is 2. The first-order valence-electron chi connectivity index (χ1n) is 4.58. The zero-order valence-electron chi connectivity index (χ0n) is 8.27. The Morgan fingerprint density at radius 2 is 2.38 bits per heavy atom. The van der Waals surface area contributed by atoms with E-state index in [4.69, 9.17) is 0 Å². The zero-order valence-corrected chi connectivity index (χ0v) is 8.27. The fourth-order valence-corrected chi connectivity index (χ4v) is 0.972. The summed E-state index contributed by atoms with van der Waals surface area (Å²) in [5.41, 5.74) is 1.16.